The van der Waals surface area contributed by atoms with Gasteiger partial charge in [-0.05, 0) is 12.1 Å². The molecule has 20 heavy (non-hydrogen) atoms. The summed E-state index contributed by atoms with van der Waals surface area (Å²) < 4.78 is 7.15. The van der Waals surface area contributed by atoms with Gasteiger partial charge in [-0.2, -0.15) is 0 Å². The molecule has 0 spiro atoms. The van der Waals surface area contributed by atoms with Crippen LogP contribution in [0, 0.1) is 0 Å². The van der Waals surface area contributed by atoms with Crippen molar-refractivity contribution in [3.8, 4) is 0 Å². The van der Waals surface area contributed by atoms with Crippen LogP contribution in [0.15, 0.2) is 24.3 Å². The lowest BCUT2D eigenvalue weighted by atomic mass is 10.1. The smallest absolute Gasteiger partial charge is 0.223 e. The quantitative estimate of drug-likeness (QED) is 0.849. The van der Waals surface area contributed by atoms with E-state index in [0.29, 0.717) is 19.6 Å². The van der Waals surface area contributed by atoms with Crippen LogP contribution in [0.2, 0.25) is 0 Å². The van der Waals surface area contributed by atoms with E-state index in [9.17, 15) is 4.79 Å². The number of aromatic nitrogens is 2. The van der Waals surface area contributed by atoms with E-state index in [1.165, 1.54) is 0 Å². The van der Waals surface area contributed by atoms with E-state index >= 15 is 0 Å². The number of ether oxygens (including phenoxy) is 1. The number of likely N-dealkylation sites (tertiary alicyclic amines) is 1. The molecule has 0 radical (unpaired) electrons. The molecule has 1 aliphatic heterocycles. The molecule has 5 heteroatoms. The molecule has 1 amide bonds. The Morgan fingerprint density at radius 1 is 1.40 bits per heavy atom. The van der Waals surface area contributed by atoms with Crippen LogP contribution in [0.5, 0.6) is 0 Å². The average molecular weight is 273 g/mol. The number of amides is 1. The maximum absolute atomic E-state index is 12.0. The second-order valence-electron chi connectivity index (χ2n) is 5.25. The second-order valence-corrected chi connectivity index (χ2v) is 5.25. The first-order valence-electron chi connectivity index (χ1n) is 6.88. The zero-order chi connectivity index (χ0) is 14.1. The number of benzene rings is 1. The molecule has 0 aliphatic carbocycles. The zero-order valence-corrected chi connectivity index (χ0v) is 11.9. The molecule has 1 aliphatic rings. The number of fused-ring (bicyclic) bond motifs is 1. The fourth-order valence-electron chi connectivity index (χ4n) is 2.89. The van der Waals surface area contributed by atoms with E-state index < -0.39 is 0 Å². The molecule has 106 valence electrons. The fraction of sp³-hybridized carbons (Fsp3) is 0.467. The molecule has 0 N–H and O–H groups in total. The normalized spacial score (nSPS) is 19.2. The first-order valence-corrected chi connectivity index (χ1v) is 6.88. The van der Waals surface area contributed by atoms with Gasteiger partial charge >= 0.3 is 0 Å². The summed E-state index contributed by atoms with van der Waals surface area (Å²) in [7, 11) is 3.68. The van der Waals surface area contributed by atoms with Crippen molar-refractivity contribution in [3.05, 3.63) is 30.1 Å². The van der Waals surface area contributed by atoms with Gasteiger partial charge in [0.05, 0.1) is 17.6 Å². The molecule has 2 heterocycles. The van der Waals surface area contributed by atoms with Crippen molar-refractivity contribution in [2.45, 2.75) is 12.3 Å². The number of carbonyl (C=O) groups is 1. The third-order valence-corrected chi connectivity index (χ3v) is 3.97. The van der Waals surface area contributed by atoms with Crippen molar-refractivity contribution >= 4 is 16.9 Å². The van der Waals surface area contributed by atoms with Crippen molar-refractivity contribution in [3.63, 3.8) is 0 Å². The fourth-order valence-corrected chi connectivity index (χ4v) is 2.89. The Morgan fingerprint density at radius 2 is 2.20 bits per heavy atom. The highest BCUT2D eigenvalue weighted by Crippen LogP contribution is 2.29. The summed E-state index contributed by atoms with van der Waals surface area (Å²) in [5.74, 6) is 1.37. The molecule has 1 aromatic heterocycles. The maximum Gasteiger partial charge on any atom is 0.223 e. The van der Waals surface area contributed by atoms with Crippen LogP contribution in [-0.2, 0) is 16.6 Å². The first kappa shape index (κ1) is 13.1. The van der Waals surface area contributed by atoms with Crippen molar-refractivity contribution in [2.24, 2.45) is 7.05 Å². The molecule has 1 saturated heterocycles. The molecule has 3 rings (SSSR count). The molecule has 1 aromatic carbocycles. The number of methoxy groups -OCH3 is 1. The zero-order valence-electron chi connectivity index (χ0n) is 11.9. The molecule has 1 atom stereocenters. The molecule has 5 nitrogen and oxygen atoms in total. The summed E-state index contributed by atoms with van der Waals surface area (Å²) in [4.78, 5) is 18.6. The predicted octanol–water partition coefficient (Wildman–Crippen LogP) is 1.54. The van der Waals surface area contributed by atoms with Crippen LogP contribution in [0.1, 0.15) is 18.2 Å². The van der Waals surface area contributed by atoms with Gasteiger partial charge in [-0.1, -0.05) is 12.1 Å². The van der Waals surface area contributed by atoms with Gasteiger partial charge in [-0.3, -0.25) is 4.79 Å². The summed E-state index contributed by atoms with van der Waals surface area (Å²) in [6.45, 7) is 1.98. The third kappa shape index (κ3) is 2.18. The summed E-state index contributed by atoms with van der Waals surface area (Å²) >= 11 is 0. The minimum Gasteiger partial charge on any atom is -0.383 e. The lowest BCUT2D eigenvalue weighted by Gasteiger charge is -2.15. The van der Waals surface area contributed by atoms with Crippen LogP contribution in [0.4, 0.5) is 0 Å². The highest BCUT2D eigenvalue weighted by molar-refractivity contribution is 5.80. The van der Waals surface area contributed by atoms with E-state index in [1.807, 2.05) is 30.1 Å². The number of carbonyl (C=O) groups excluding carboxylic acids is 1. The van der Waals surface area contributed by atoms with Crippen LogP contribution in [-0.4, -0.2) is 47.2 Å². The largest absolute Gasteiger partial charge is 0.383 e. The van der Waals surface area contributed by atoms with Gasteiger partial charge in [-0.25, -0.2) is 4.98 Å². The Hall–Kier alpha value is -1.88. The van der Waals surface area contributed by atoms with Crippen LogP contribution in [0.3, 0.4) is 0 Å². The van der Waals surface area contributed by atoms with Crippen molar-refractivity contribution < 1.29 is 9.53 Å². The van der Waals surface area contributed by atoms with E-state index in [4.69, 9.17) is 9.72 Å². The van der Waals surface area contributed by atoms with Gasteiger partial charge < -0.3 is 14.2 Å². The number of hydrogen-bond donors (Lipinski definition) is 0. The average Bonchev–Trinajstić information content (AvgIpc) is 2.98. The van der Waals surface area contributed by atoms with Crippen LogP contribution < -0.4 is 0 Å². The van der Waals surface area contributed by atoms with Gasteiger partial charge in [0.25, 0.3) is 0 Å². The van der Waals surface area contributed by atoms with E-state index in [-0.39, 0.29) is 11.8 Å². The molecular weight excluding hydrogens is 254 g/mol. The summed E-state index contributed by atoms with van der Waals surface area (Å²) in [5.41, 5.74) is 2.11. The van der Waals surface area contributed by atoms with Gasteiger partial charge in [-0.15, -0.1) is 0 Å². The predicted molar refractivity (Wildman–Crippen MR) is 76.5 cm³/mol. The number of imidazole rings is 1. The van der Waals surface area contributed by atoms with Gasteiger partial charge in [0, 0.05) is 39.6 Å². The Morgan fingerprint density at radius 3 is 2.95 bits per heavy atom. The second kappa shape index (κ2) is 5.25. The van der Waals surface area contributed by atoms with Crippen molar-refractivity contribution in [1.82, 2.24) is 14.5 Å². The van der Waals surface area contributed by atoms with Crippen LogP contribution >= 0.6 is 0 Å². The van der Waals surface area contributed by atoms with E-state index in [2.05, 4.69) is 10.6 Å². The maximum atomic E-state index is 12.0. The minimum atomic E-state index is 0.178. The summed E-state index contributed by atoms with van der Waals surface area (Å²) in [6, 6.07) is 8.08. The Balaban J connectivity index is 1.85. The SMILES string of the molecule is COCCN1C[C@@H](c2nc3ccccc3n2C)CC1=O. The van der Waals surface area contributed by atoms with Gasteiger partial charge in [0.15, 0.2) is 0 Å². The summed E-state index contributed by atoms with van der Waals surface area (Å²) in [6.07, 6.45) is 0.543. The Labute approximate surface area is 118 Å². The molecule has 0 bridgehead atoms. The standard InChI is InChI=1S/C15H19N3O2/c1-17-13-6-4-3-5-12(13)16-15(17)11-9-14(19)18(10-11)7-8-20-2/h3-6,11H,7-10H2,1-2H3/t11-/m0/s1. The molecule has 1 fully saturated rings. The van der Waals surface area contributed by atoms with Crippen LogP contribution in [0.25, 0.3) is 11.0 Å². The highest BCUT2D eigenvalue weighted by atomic mass is 16.5. The minimum absolute atomic E-state index is 0.178. The lowest BCUT2D eigenvalue weighted by molar-refractivity contribution is -0.128. The highest BCUT2D eigenvalue weighted by Gasteiger charge is 2.33. The lowest BCUT2D eigenvalue weighted by Crippen LogP contribution is -2.28. The Bertz CT molecular complexity index is 635. The number of hydrogen-bond acceptors (Lipinski definition) is 3. The first-order chi connectivity index (χ1) is 9.70. The number of para-hydroxylation sites is 2. The molecule has 0 unspecified atom stereocenters. The van der Waals surface area contributed by atoms with Crippen molar-refractivity contribution in [2.75, 3.05) is 26.8 Å². The number of aryl methyl sites for hydroxylation is 1. The molecule has 0 saturated carbocycles. The van der Waals surface area contributed by atoms with E-state index in [0.717, 1.165) is 23.4 Å². The summed E-state index contributed by atoms with van der Waals surface area (Å²) in [5, 5.41) is 0. The topological polar surface area (TPSA) is 47.4 Å². The number of nitrogens with zero attached hydrogens (tertiary/aromatic N) is 3. The monoisotopic (exact) mass is 273 g/mol. The van der Waals surface area contributed by atoms with E-state index in [1.54, 1.807) is 7.11 Å². The Kier molecular flexibility index (Phi) is 3.44. The third-order valence-electron chi connectivity index (χ3n) is 3.97. The van der Waals surface area contributed by atoms with Gasteiger partial charge in [0.1, 0.15) is 5.82 Å². The number of rotatable bonds is 4. The molecular formula is C15H19N3O2. The van der Waals surface area contributed by atoms with Gasteiger partial charge in [0.2, 0.25) is 5.91 Å². The molecule has 2 aromatic rings. The van der Waals surface area contributed by atoms with Crippen molar-refractivity contribution in [1.29, 1.82) is 0 Å².